The molecule has 3 amide bonds. The minimum atomic E-state index is -0.542. The zero-order valence-corrected chi connectivity index (χ0v) is 20.8. The highest BCUT2D eigenvalue weighted by Gasteiger charge is 2.34. The van der Waals surface area contributed by atoms with Crippen LogP contribution >= 0.6 is 0 Å². The maximum absolute atomic E-state index is 14.0. The summed E-state index contributed by atoms with van der Waals surface area (Å²) in [6.07, 6.45) is 0.964. The number of pyridine rings is 1. The van der Waals surface area contributed by atoms with E-state index in [1.807, 2.05) is 6.92 Å². The molecule has 1 aromatic heterocycles. The number of hydrogen-bond acceptors (Lipinski definition) is 6. The fourth-order valence-electron chi connectivity index (χ4n) is 3.72. The van der Waals surface area contributed by atoms with Gasteiger partial charge < -0.3 is 29.7 Å². The average molecular weight is 499 g/mol. The van der Waals surface area contributed by atoms with E-state index in [2.05, 4.69) is 22.1 Å². The van der Waals surface area contributed by atoms with Crippen LogP contribution in [0.25, 0.3) is 0 Å². The van der Waals surface area contributed by atoms with Gasteiger partial charge in [-0.3, -0.25) is 4.79 Å². The molecule has 9 nitrogen and oxygen atoms in total. The fraction of sp³-hybridized carbons (Fsp3) is 0.423. The van der Waals surface area contributed by atoms with Gasteiger partial charge in [-0.1, -0.05) is 30.9 Å². The van der Waals surface area contributed by atoms with Crippen molar-refractivity contribution in [2.24, 2.45) is 5.92 Å². The molecule has 3 atom stereocenters. The largest absolute Gasteiger partial charge is 0.472 e. The van der Waals surface area contributed by atoms with Crippen molar-refractivity contribution in [2.45, 2.75) is 26.0 Å². The van der Waals surface area contributed by atoms with Gasteiger partial charge in [-0.15, -0.1) is 0 Å². The SMILES string of the molecule is COCC#Cc1cnc2c(c1)C(=O)N([C@@H](C)CO)C[C@@H](C)[C@H](CN(C)C(=O)Nc1ccccc1F)O2. The molecule has 0 spiro atoms. The highest BCUT2D eigenvalue weighted by atomic mass is 19.1. The number of para-hydroxylation sites is 1. The first-order chi connectivity index (χ1) is 17.2. The van der Waals surface area contributed by atoms with Crippen LogP contribution in [0, 0.1) is 23.6 Å². The predicted molar refractivity (Wildman–Crippen MR) is 132 cm³/mol. The predicted octanol–water partition coefficient (Wildman–Crippen LogP) is 2.60. The second kappa shape index (κ2) is 12.3. The van der Waals surface area contributed by atoms with Crippen LogP contribution in [0.2, 0.25) is 0 Å². The lowest BCUT2D eigenvalue weighted by molar-refractivity contribution is 0.0356. The van der Waals surface area contributed by atoms with Crippen molar-refractivity contribution in [3.05, 3.63) is 53.5 Å². The van der Waals surface area contributed by atoms with E-state index in [9.17, 15) is 19.1 Å². The number of carbonyl (C=O) groups is 2. The molecule has 2 heterocycles. The van der Waals surface area contributed by atoms with Crippen LogP contribution in [-0.2, 0) is 4.74 Å². The van der Waals surface area contributed by atoms with Gasteiger partial charge in [0.2, 0.25) is 5.88 Å². The molecule has 0 unspecified atom stereocenters. The number of nitrogens with zero attached hydrogens (tertiary/aromatic N) is 3. The van der Waals surface area contributed by atoms with Gasteiger partial charge >= 0.3 is 6.03 Å². The number of ether oxygens (including phenoxy) is 2. The number of anilines is 1. The number of halogens is 1. The van der Waals surface area contributed by atoms with Crippen molar-refractivity contribution in [3.63, 3.8) is 0 Å². The summed E-state index contributed by atoms with van der Waals surface area (Å²) in [5.41, 5.74) is 0.810. The average Bonchev–Trinajstić information content (AvgIpc) is 2.87. The number of rotatable bonds is 6. The zero-order valence-electron chi connectivity index (χ0n) is 20.8. The van der Waals surface area contributed by atoms with Crippen LogP contribution in [-0.4, -0.2) is 84.4 Å². The van der Waals surface area contributed by atoms with Gasteiger partial charge in [-0.25, -0.2) is 14.2 Å². The lowest BCUT2D eigenvalue weighted by Crippen LogP contribution is -2.50. The maximum atomic E-state index is 14.0. The molecular weight excluding hydrogens is 467 g/mol. The molecule has 2 aromatic rings. The molecule has 0 fully saturated rings. The number of fused-ring (bicyclic) bond motifs is 1. The molecule has 0 radical (unpaired) electrons. The van der Waals surface area contributed by atoms with Crippen LogP contribution in [0.1, 0.15) is 29.8 Å². The van der Waals surface area contributed by atoms with E-state index in [1.54, 1.807) is 31.0 Å². The number of aliphatic hydroxyl groups excluding tert-OH is 1. The van der Waals surface area contributed by atoms with Crippen molar-refractivity contribution in [1.29, 1.82) is 0 Å². The molecule has 0 aliphatic carbocycles. The van der Waals surface area contributed by atoms with Gasteiger partial charge in [0.05, 0.1) is 24.9 Å². The monoisotopic (exact) mass is 498 g/mol. The summed E-state index contributed by atoms with van der Waals surface area (Å²) in [4.78, 5) is 33.4. The van der Waals surface area contributed by atoms with Crippen molar-refractivity contribution >= 4 is 17.6 Å². The van der Waals surface area contributed by atoms with Crippen LogP contribution in [0.4, 0.5) is 14.9 Å². The van der Waals surface area contributed by atoms with Gasteiger partial charge in [-0.2, -0.15) is 0 Å². The zero-order chi connectivity index (χ0) is 26.2. The molecule has 0 saturated carbocycles. The van der Waals surface area contributed by atoms with Gasteiger partial charge in [0.25, 0.3) is 5.91 Å². The highest BCUT2D eigenvalue weighted by molar-refractivity contribution is 5.97. The number of likely N-dealkylation sites (N-methyl/N-ethyl adjacent to an activating group) is 1. The third-order valence-electron chi connectivity index (χ3n) is 5.89. The van der Waals surface area contributed by atoms with E-state index >= 15 is 0 Å². The first kappa shape index (κ1) is 26.9. The summed E-state index contributed by atoms with van der Waals surface area (Å²) in [6, 6.07) is 6.56. The Morgan fingerprint density at radius 3 is 2.89 bits per heavy atom. The number of benzene rings is 1. The van der Waals surface area contributed by atoms with Gasteiger partial charge in [0.15, 0.2) is 0 Å². The number of hydrogen-bond donors (Lipinski definition) is 2. The Morgan fingerprint density at radius 2 is 2.19 bits per heavy atom. The Balaban J connectivity index is 1.88. The number of carbonyl (C=O) groups excluding carboxylic acids is 2. The molecule has 2 N–H and O–H groups in total. The van der Waals surface area contributed by atoms with E-state index in [4.69, 9.17) is 9.47 Å². The molecule has 1 aliphatic heterocycles. The Kier molecular flexibility index (Phi) is 9.22. The Morgan fingerprint density at radius 1 is 1.44 bits per heavy atom. The summed E-state index contributed by atoms with van der Waals surface area (Å²) < 4.78 is 25.1. The van der Waals surface area contributed by atoms with Crippen molar-refractivity contribution in [2.75, 3.05) is 45.8 Å². The van der Waals surface area contributed by atoms with Gasteiger partial charge in [-0.05, 0) is 25.1 Å². The van der Waals surface area contributed by atoms with E-state index in [0.29, 0.717) is 5.56 Å². The van der Waals surface area contributed by atoms with E-state index in [-0.39, 0.29) is 55.3 Å². The van der Waals surface area contributed by atoms with Crippen LogP contribution < -0.4 is 10.1 Å². The second-order valence-electron chi connectivity index (χ2n) is 8.72. The van der Waals surface area contributed by atoms with E-state index in [1.165, 1.54) is 36.4 Å². The van der Waals surface area contributed by atoms with Crippen LogP contribution in [0.5, 0.6) is 5.88 Å². The van der Waals surface area contributed by atoms with E-state index in [0.717, 1.165) is 0 Å². The molecule has 0 bridgehead atoms. The molecule has 1 aliphatic rings. The molecule has 192 valence electrons. The quantitative estimate of drug-likeness (QED) is 0.594. The maximum Gasteiger partial charge on any atom is 0.321 e. The number of methoxy groups -OCH3 is 1. The summed E-state index contributed by atoms with van der Waals surface area (Å²) in [5, 5.41) is 12.3. The summed E-state index contributed by atoms with van der Waals surface area (Å²) in [7, 11) is 3.11. The molecule has 1 aromatic carbocycles. The van der Waals surface area contributed by atoms with Crippen molar-refractivity contribution in [3.8, 4) is 17.7 Å². The molecular formula is C26H31FN4O5. The Hall–Kier alpha value is -3.68. The van der Waals surface area contributed by atoms with Crippen molar-refractivity contribution in [1.82, 2.24) is 14.8 Å². The minimum Gasteiger partial charge on any atom is -0.472 e. The summed E-state index contributed by atoms with van der Waals surface area (Å²) in [6.45, 7) is 4.10. The lowest BCUT2D eigenvalue weighted by Gasteiger charge is -2.37. The Bertz CT molecular complexity index is 1150. The minimum absolute atomic E-state index is 0.0728. The highest BCUT2D eigenvalue weighted by Crippen LogP contribution is 2.27. The number of urea groups is 1. The molecule has 36 heavy (non-hydrogen) atoms. The third kappa shape index (κ3) is 6.50. The number of amides is 3. The van der Waals surface area contributed by atoms with Crippen molar-refractivity contribution < 1.29 is 28.6 Å². The first-order valence-corrected chi connectivity index (χ1v) is 11.6. The number of nitrogens with one attached hydrogen (secondary N) is 1. The normalized spacial score (nSPS) is 18.1. The lowest BCUT2D eigenvalue weighted by atomic mass is 10.00. The second-order valence-corrected chi connectivity index (χ2v) is 8.72. The Labute approximate surface area is 210 Å². The standard InChI is InChI=1S/C26H31FN4O5/c1-17-14-31(18(2)16-32)25(33)20-12-19(8-7-11-35-4)13-28-24(20)36-23(17)15-30(3)26(34)29-22-10-6-5-9-21(22)27/h5-6,9-10,12-13,17-18,23,32H,11,14-16H2,1-4H3,(H,29,34)/t17-,18+,23+/m1/s1. The van der Waals surface area contributed by atoms with Crippen LogP contribution in [0.3, 0.4) is 0 Å². The number of aliphatic hydroxyl groups is 1. The summed E-state index contributed by atoms with van der Waals surface area (Å²) in [5.74, 6) is 4.76. The molecule has 3 rings (SSSR count). The smallest absolute Gasteiger partial charge is 0.321 e. The fourth-order valence-corrected chi connectivity index (χ4v) is 3.72. The topological polar surface area (TPSA) is 104 Å². The number of aromatic nitrogens is 1. The van der Waals surface area contributed by atoms with Gasteiger partial charge in [0.1, 0.15) is 24.1 Å². The first-order valence-electron chi connectivity index (χ1n) is 11.6. The van der Waals surface area contributed by atoms with Crippen LogP contribution in [0.15, 0.2) is 36.5 Å². The van der Waals surface area contributed by atoms with Gasteiger partial charge in [0, 0.05) is 38.4 Å². The third-order valence-corrected chi connectivity index (χ3v) is 5.89. The summed E-state index contributed by atoms with van der Waals surface area (Å²) >= 11 is 0. The molecule has 0 saturated heterocycles. The molecule has 10 heteroatoms. The van der Waals surface area contributed by atoms with E-state index < -0.39 is 24.0 Å².